The van der Waals surface area contributed by atoms with Gasteiger partial charge in [-0.05, 0) is 50.1 Å². The van der Waals surface area contributed by atoms with E-state index in [4.69, 9.17) is 30.8 Å². The first kappa shape index (κ1) is 38.8. The van der Waals surface area contributed by atoms with Crippen molar-refractivity contribution >= 4 is 34.6 Å². The normalized spacial score (nSPS) is 14.6. The van der Waals surface area contributed by atoms with Crippen molar-refractivity contribution in [3.8, 4) is 11.4 Å². The number of ether oxygens (including phenoxy) is 3. The van der Waals surface area contributed by atoms with Gasteiger partial charge in [0.1, 0.15) is 32.4 Å². The molecule has 53 heavy (non-hydrogen) atoms. The van der Waals surface area contributed by atoms with Crippen molar-refractivity contribution in [2.24, 2.45) is 11.6 Å². The number of aliphatic hydroxyl groups is 1. The van der Waals surface area contributed by atoms with E-state index in [9.17, 15) is 33.5 Å². The second-order valence-corrected chi connectivity index (χ2v) is 12.4. The van der Waals surface area contributed by atoms with Gasteiger partial charge in [0.2, 0.25) is 17.7 Å². The fraction of sp³-hybridized carbons (Fsp3) is 0.412. The van der Waals surface area contributed by atoms with Crippen LogP contribution in [0.5, 0.6) is 0 Å². The average molecular weight is 740 g/mol. The van der Waals surface area contributed by atoms with E-state index in [-0.39, 0.29) is 70.6 Å². The van der Waals surface area contributed by atoms with Crippen LogP contribution in [-0.2, 0) is 53.1 Å². The molecule has 3 amide bonds. The van der Waals surface area contributed by atoms with Crippen molar-refractivity contribution in [1.29, 1.82) is 0 Å². The number of hydrogen-bond acceptors (Lipinski definition) is 14. The largest absolute Gasteiger partial charge is 0.458 e. The summed E-state index contributed by atoms with van der Waals surface area (Å²) in [6.07, 6.45) is 0.791. The molecule has 1 unspecified atom stereocenters. The second kappa shape index (κ2) is 17.4. The number of aliphatic hydroxyl groups excluding tert-OH is 1. The first-order valence-electron chi connectivity index (χ1n) is 16.7. The molecular formula is C34H42FN9O9. The van der Waals surface area contributed by atoms with Crippen LogP contribution in [-0.4, -0.2) is 90.2 Å². The Kier molecular flexibility index (Phi) is 12.7. The molecule has 4 heterocycles. The van der Waals surface area contributed by atoms with E-state index in [1.54, 1.807) is 32.3 Å². The topological polar surface area (TPSA) is 254 Å². The summed E-state index contributed by atoms with van der Waals surface area (Å²) in [4.78, 5) is 65.7. The highest BCUT2D eigenvalue weighted by atomic mass is 19.1. The van der Waals surface area contributed by atoms with Crippen LogP contribution in [0.2, 0.25) is 0 Å². The molecule has 0 saturated carbocycles. The third-order valence-corrected chi connectivity index (χ3v) is 8.52. The number of nitrogens with two attached hydrogens (primary N) is 2. The van der Waals surface area contributed by atoms with Crippen LogP contribution >= 0.6 is 0 Å². The number of aryl methyl sites for hydroxylation is 1. The molecule has 0 aliphatic carbocycles. The molecule has 284 valence electrons. The maximum atomic E-state index is 14.7. The van der Waals surface area contributed by atoms with Crippen LogP contribution in [0.3, 0.4) is 0 Å². The number of carbonyl (C=O) groups excluding carboxylic acids is 4. The first-order valence-corrected chi connectivity index (χ1v) is 16.7. The Morgan fingerprint density at radius 1 is 1.09 bits per heavy atom. The standard InChI is InChI=1S/C34H42FN9O9/c1-18-6-20-22(23-12-44-27(31(23)42-26(20)8-25(18)35)7-21-24(33(44)49)13-53-34(50)32(21)48)11-43(37)10-19(36)4-3-5-39-29(46)14-52-17-41-28(45)9-40-30(47)15-51-16-38-2/h6-8,10,32,38,48H,3-5,9,11-17,36-37H2,1-2H3,(H,39,46)(H,40,47)(H,41,45)/b19-10-. The summed E-state index contributed by atoms with van der Waals surface area (Å²) in [5.41, 5.74) is 9.46. The van der Waals surface area contributed by atoms with E-state index in [2.05, 4.69) is 21.3 Å². The van der Waals surface area contributed by atoms with Gasteiger partial charge in [0.15, 0.2) is 6.10 Å². The van der Waals surface area contributed by atoms with Crippen LogP contribution in [0.25, 0.3) is 22.3 Å². The number of cyclic esters (lactones) is 1. The Balaban J connectivity index is 1.15. The molecule has 19 heteroatoms. The lowest BCUT2D eigenvalue weighted by Gasteiger charge is -2.21. The van der Waals surface area contributed by atoms with Gasteiger partial charge < -0.3 is 50.6 Å². The molecule has 0 saturated heterocycles. The quantitative estimate of drug-likeness (QED) is 0.0219. The summed E-state index contributed by atoms with van der Waals surface area (Å²) in [7, 11) is 1.66. The number of carbonyl (C=O) groups is 4. The predicted molar refractivity (Wildman–Crippen MR) is 186 cm³/mol. The monoisotopic (exact) mass is 739 g/mol. The van der Waals surface area contributed by atoms with Gasteiger partial charge in [0.25, 0.3) is 5.56 Å². The summed E-state index contributed by atoms with van der Waals surface area (Å²) in [6, 6.07) is 4.54. The van der Waals surface area contributed by atoms with Crippen LogP contribution < -0.4 is 38.4 Å². The molecule has 3 aromatic rings. The van der Waals surface area contributed by atoms with Gasteiger partial charge in [0.05, 0.1) is 48.8 Å². The number of aromatic nitrogens is 2. The van der Waals surface area contributed by atoms with E-state index in [1.807, 2.05) is 0 Å². The summed E-state index contributed by atoms with van der Waals surface area (Å²) in [5, 5.41) is 22.7. The second-order valence-electron chi connectivity index (χ2n) is 12.4. The SMILES string of the molecule is CNCOCC(=O)NCC(=O)NCOCC(=O)NCCC/C(N)=C/N(N)Cc1c2c(nc3cc(F)c(C)cc13)-c1cc3c(c(=O)n1C2)COC(=O)C3O. The molecule has 18 nitrogen and oxygen atoms in total. The van der Waals surface area contributed by atoms with Gasteiger partial charge >= 0.3 is 5.97 Å². The Morgan fingerprint density at radius 2 is 1.83 bits per heavy atom. The molecule has 2 aliphatic heterocycles. The van der Waals surface area contributed by atoms with Crippen molar-refractivity contribution in [2.45, 2.75) is 45.6 Å². The van der Waals surface area contributed by atoms with E-state index in [1.165, 1.54) is 15.6 Å². The zero-order chi connectivity index (χ0) is 38.2. The highest BCUT2D eigenvalue weighted by Crippen LogP contribution is 2.38. The number of benzene rings is 1. The van der Waals surface area contributed by atoms with Gasteiger partial charge in [-0.15, -0.1) is 0 Å². The lowest BCUT2D eigenvalue weighted by molar-refractivity contribution is -0.157. The Morgan fingerprint density at radius 3 is 2.58 bits per heavy atom. The van der Waals surface area contributed by atoms with Crippen molar-refractivity contribution in [3.05, 3.63) is 74.1 Å². The number of allylic oxidation sites excluding steroid dienone is 1. The van der Waals surface area contributed by atoms with E-state index >= 15 is 0 Å². The van der Waals surface area contributed by atoms with E-state index < -0.39 is 41.2 Å². The number of esters is 1. The maximum Gasteiger partial charge on any atom is 0.340 e. The van der Waals surface area contributed by atoms with Crippen molar-refractivity contribution < 1.29 is 42.9 Å². The fourth-order valence-electron chi connectivity index (χ4n) is 5.91. The summed E-state index contributed by atoms with van der Waals surface area (Å²) < 4.78 is 31.3. The fourth-order valence-corrected chi connectivity index (χ4v) is 5.91. The number of hydrazine groups is 1. The highest BCUT2D eigenvalue weighted by molar-refractivity contribution is 5.89. The minimum absolute atomic E-state index is 0.113. The van der Waals surface area contributed by atoms with Crippen molar-refractivity contribution in [1.82, 2.24) is 35.8 Å². The van der Waals surface area contributed by atoms with Crippen LogP contribution in [0.1, 0.15) is 46.8 Å². The molecule has 2 aliphatic rings. The number of pyridine rings is 2. The van der Waals surface area contributed by atoms with Gasteiger partial charge in [-0.25, -0.2) is 20.0 Å². The van der Waals surface area contributed by atoms with Crippen LogP contribution in [0.4, 0.5) is 4.39 Å². The molecule has 1 atom stereocenters. The number of nitrogens with zero attached hydrogens (tertiary/aromatic N) is 3. The number of fused-ring (bicyclic) bond motifs is 5. The number of rotatable bonds is 17. The molecular weight excluding hydrogens is 697 g/mol. The smallest absolute Gasteiger partial charge is 0.340 e. The van der Waals surface area contributed by atoms with Crippen molar-refractivity contribution in [2.75, 3.05) is 46.8 Å². The maximum absolute atomic E-state index is 14.7. The summed E-state index contributed by atoms with van der Waals surface area (Å²) >= 11 is 0. The van der Waals surface area contributed by atoms with Crippen LogP contribution in [0, 0.1) is 12.7 Å². The Hall–Kier alpha value is -5.47. The Labute approximate surface area is 302 Å². The third kappa shape index (κ3) is 9.31. The highest BCUT2D eigenvalue weighted by Gasteiger charge is 2.35. The van der Waals surface area contributed by atoms with Crippen LogP contribution in [0.15, 0.2) is 34.9 Å². The van der Waals surface area contributed by atoms with Crippen molar-refractivity contribution in [3.63, 3.8) is 0 Å². The predicted octanol–water partition coefficient (Wildman–Crippen LogP) is -1.26. The summed E-state index contributed by atoms with van der Waals surface area (Å²) in [6.45, 7) is 1.11. The zero-order valence-electron chi connectivity index (χ0n) is 29.3. The number of amides is 3. The van der Waals surface area contributed by atoms with E-state index in [0.717, 1.165) is 0 Å². The number of halogens is 1. The lowest BCUT2D eigenvalue weighted by atomic mass is 9.97. The summed E-state index contributed by atoms with van der Waals surface area (Å²) in [5.74, 6) is 3.74. The van der Waals surface area contributed by atoms with Gasteiger partial charge in [0, 0.05) is 41.0 Å². The third-order valence-electron chi connectivity index (χ3n) is 8.52. The average Bonchev–Trinajstić information content (AvgIpc) is 3.49. The molecule has 0 fully saturated rings. The Bertz CT molecular complexity index is 2000. The van der Waals surface area contributed by atoms with Gasteiger partial charge in [-0.3, -0.25) is 24.5 Å². The van der Waals surface area contributed by atoms with Gasteiger partial charge in [-0.1, -0.05) is 0 Å². The molecule has 0 bridgehead atoms. The van der Waals surface area contributed by atoms with Gasteiger partial charge in [-0.2, -0.15) is 0 Å². The molecule has 0 spiro atoms. The molecule has 9 N–H and O–H groups in total. The molecule has 1 aromatic carbocycles. The lowest BCUT2D eigenvalue weighted by Crippen LogP contribution is -2.40. The molecule has 2 aromatic heterocycles. The first-order chi connectivity index (χ1) is 25.4. The number of nitrogens with one attached hydrogen (secondary N) is 4. The minimum atomic E-state index is -1.61. The molecule has 0 radical (unpaired) electrons. The molecule has 5 rings (SSSR count). The minimum Gasteiger partial charge on any atom is -0.458 e. The van der Waals surface area contributed by atoms with E-state index in [0.29, 0.717) is 57.5 Å². The number of hydrogen-bond donors (Lipinski definition) is 7. The zero-order valence-corrected chi connectivity index (χ0v) is 29.3.